The Morgan fingerprint density at radius 3 is 2.29 bits per heavy atom. The Kier molecular flexibility index (Phi) is 3.68. The molecule has 1 heterocycles. The van der Waals surface area contributed by atoms with Gasteiger partial charge in [0, 0.05) is 17.5 Å². The minimum atomic E-state index is 0.667. The van der Waals surface area contributed by atoms with Gasteiger partial charge < -0.3 is 4.98 Å². The fourth-order valence-electron chi connectivity index (χ4n) is 2.57. The first-order valence-electron chi connectivity index (χ1n) is 6.51. The number of hydrogen-bond acceptors (Lipinski definition) is 0. The topological polar surface area (TPSA) is 15.8 Å². The number of aromatic amines is 1. The van der Waals surface area contributed by atoms with Crippen LogP contribution in [0, 0.1) is 6.92 Å². The van der Waals surface area contributed by atoms with Crippen LogP contribution >= 0.6 is 0 Å². The van der Waals surface area contributed by atoms with E-state index in [1.165, 1.54) is 35.2 Å². The van der Waals surface area contributed by atoms with Crippen molar-refractivity contribution in [2.75, 3.05) is 0 Å². The Balaban J connectivity index is 2.51. The standard InChI is InChI=1S/C16H21N/c1-4-13(5-2)15-8-6-7-9-16(15)14-10-11-17-12(14)3/h6-11,13,17H,4-5H2,1-3H3. The Bertz CT molecular complexity index is 478. The monoisotopic (exact) mass is 227 g/mol. The van der Waals surface area contributed by atoms with Crippen LogP contribution in [0.5, 0.6) is 0 Å². The number of aromatic nitrogens is 1. The maximum Gasteiger partial charge on any atom is 0.0195 e. The van der Waals surface area contributed by atoms with Gasteiger partial charge in [0.2, 0.25) is 0 Å². The molecule has 0 aliphatic carbocycles. The summed E-state index contributed by atoms with van der Waals surface area (Å²) in [5, 5.41) is 0. The van der Waals surface area contributed by atoms with Crippen LogP contribution in [-0.2, 0) is 0 Å². The Morgan fingerprint density at radius 1 is 1.00 bits per heavy atom. The van der Waals surface area contributed by atoms with Crippen molar-refractivity contribution >= 4 is 0 Å². The van der Waals surface area contributed by atoms with Gasteiger partial charge in [-0.3, -0.25) is 0 Å². The highest BCUT2D eigenvalue weighted by atomic mass is 14.7. The van der Waals surface area contributed by atoms with Crippen LogP contribution in [-0.4, -0.2) is 4.98 Å². The van der Waals surface area contributed by atoms with Gasteiger partial charge in [0.05, 0.1) is 0 Å². The largest absolute Gasteiger partial charge is 0.365 e. The van der Waals surface area contributed by atoms with Gasteiger partial charge >= 0.3 is 0 Å². The molecular formula is C16H21N. The van der Waals surface area contributed by atoms with Crippen LogP contribution in [0.3, 0.4) is 0 Å². The molecule has 1 nitrogen and oxygen atoms in total. The van der Waals surface area contributed by atoms with Gasteiger partial charge in [0.1, 0.15) is 0 Å². The van der Waals surface area contributed by atoms with Crippen LogP contribution in [0.25, 0.3) is 11.1 Å². The second-order valence-corrected chi connectivity index (χ2v) is 4.62. The number of hydrogen-bond donors (Lipinski definition) is 1. The van der Waals surface area contributed by atoms with Gasteiger partial charge in [0.15, 0.2) is 0 Å². The van der Waals surface area contributed by atoms with Crippen LogP contribution in [0.15, 0.2) is 36.5 Å². The molecule has 2 aromatic rings. The number of aryl methyl sites for hydroxylation is 1. The second-order valence-electron chi connectivity index (χ2n) is 4.62. The van der Waals surface area contributed by atoms with Crippen LogP contribution in [0.2, 0.25) is 0 Å². The third-order valence-electron chi connectivity index (χ3n) is 3.63. The molecule has 0 bridgehead atoms. The van der Waals surface area contributed by atoms with Crippen molar-refractivity contribution in [3.05, 3.63) is 47.8 Å². The molecule has 17 heavy (non-hydrogen) atoms. The molecule has 90 valence electrons. The fourth-order valence-corrected chi connectivity index (χ4v) is 2.57. The summed E-state index contributed by atoms with van der Waals surface area (Å²) >= 11 is 0. The third kappa shape index (κ3) is 2.28. The van der Waals surface area contributed by atoms with E-state index in [1.807, 2.05) is 6.20 Å². The van der Waals surface area contributed by atoms with Crippen molar-refractivity contribution in [3.8, 4) is 11.1 Å². The van der Waals surface area contributed by atoms with Gasteiger partial charge in [0.25, 0.3) is 0 Å². The summed E-state index contributed by atoms with van der Waals surface area (Å²) in [4.78, 5) is 3.27. The maximum atomic E-state index is 3.27. The van der Waals surface area contributed by atoms with Crippen LogP contribution in [0.4, 0.5) is 0 Å². The van der Waals surface area contributed by atoms with Crippen molar-refractivity contribution in [2.24, 2.45) is 0 Å². The second kappa shape index (κ2) is 5.22. The molecule has 0 atom stereocenters. The zero-order valence-corrected chi connectivity index (χ0v) is 11.0. The van der Waals surface area contributed by atoms with E-state index in [-0.39, 0.29) is 0 Å². The molecule has 0 radical (unpaired) electrons. The van der Waals surface area contributed by atoms with Crippen molar-refractivity contribution in [2.45, 2.75) is 39.5 Å². The molecule has 0 saturated carbocycles. The predicted molar refractivity (Wildman–Crippen MR) is 74.3 cm³/mol. The highest BCUT2D eigenvalue weighted by Crippen LogP contribution is 2.33. The summed E-state index contributed by atoms with van der Waals surface area (Å²) in [6.07, 6.45) is 4.43. The van der Waals surface area contributed by atoms with Crippen LogP contribution < -0.4 is 0 Å². The molecule has 1 N–H and O–H groups in total. The Morgan fingerprint density at radius 2 is 1.71 bits per heavy atom. The summed E-state index contributed by atoms with van der Waals surface area (Å²) in [7, 11) is 0. The molecule has 0 saturated heterocycles. The normalized spacial score (nSPS) is 11.1. The van der Waals surface area contributed by atoms with Gasteiger partial charge in [-0.1, -0.05) is 38.1 Å². The van der Waals surface area contributed by atoms with Crippen LogP contribution in [0.1, 0.15) is 43.9 Å². The SMILES string of the molecule is CCC(CC)c1ccccc1-c1cc[nH]c1C. The zero-order chi connectivity index (χ0) is 12.3. The minimum absolute atomic E-state index is 0.667. The zero-order valence-electron chi connectivity index (χ0n) is 11.0. The molecule has 0 spiro atoms. The van der Waals surface area contributed by atoms with E-state index >= 15 is 0 Å². The van der Waals surface area contributed by atoms with Crippen molar-refractivity contribution < 1.29 is 0 Å². The summed E-state index contributed by atoms with van der Waals surface area (Å²) in [6, 6.07) is 11.0. The van der Waals surface area contributed by atoms with Gasteiger partial charge in [-0.25, -0.2) is 0 Å². The van der Waals surface area contributed by atoms with E-state index in [9.17, 15) is 0 Å². The molecule has 0 unspecified atom stereocenters. The molecule has 1 heteroatoms. The molecule has 0 fully saturated rings. The summed E-state index contributed by atoms with van der Waals surface area (Å²) < 4.78 is 0. The molecule has 1 aromatic heterocycles. The van der Waals surface area contributed by atoms with E-state index in [0.717, 1.165) is 0 Å². The van der Waals surface area contributed by atoms with Gasteiger partial charge in [-0.15, -0.1) is 0 Å². The molecule has 0 aliphatic heterocycles. The quantitative estimate of drug-likeness (QED) is 0.765. The first-order valence-corrected chi connectivity index (χ1v) is 6.51. The smallest absolute Gasteiger partial charge is 0.0195 e. The van der Waals surface area contributed by atoms with Crippen molar-refractivity contribution in [1.82, 2.24) is 4.98 Å². The molecule has 1 aromatic carbocycles. The van der Waals surface area contributed by atoms with Gasteiger partial charge in [-0.05, 0) is 42.9 Å². The first-order chi connectivity index (χ1) is 8.27. The average Bonchev–Trinajstić information content (AvgIpc) is 2.78. The van der Waals surface area contributed by atoms with E-state index < -0.39 is 0 Å². The maximum absolute atomic E-state index is 3.27. The number of nitrogens with one attached hydrogen (secondary N) is 1. The van der Waals surface area contributed by atoms with E-state index in [1.54, 1.807) is 0 Å². The molecule has 2 rings (SSSR count). The lowest BCUT2D eigenvalue weighted by Gasteiger charge is -2.17. The summed E-state index contributed by atoms with van der Waals surface area (Å²) in [6.45, 7) is 6.68. The highest BCUT2D eigenvalue weighted by Gasteiger charge is 2.13. The third-order valence-corrected chi connectivity index (χ3v) is 3.63. The van der Waals surface area contributed by atoms with E-state index in [4.69, 9.17) is 0 Å². The van der Waals surface area contributed by atoms with E-state index in [2.05, 4.69) is 56.1 Å². The minimum Gasteiger partial charge on any atom is -0.365 e. The fraction of sp³-hybridized carbons (Fsp3) is 0.375. The number of benzene rings is 1. The lowest BCUT2D eigenvalue weighted by Crippen LogP contribution is -1.98. The number of H-pyrrole nitrogens is 1. The van der Waals surface area contributed by atoms with Gasteiger partial charge in [-0.2, -0.15) is 0 Å². The Hall–Kier alpha value is -1.50. The molecule has 0 amide bonds. The average molecular weight is 227 g/mol. The van der Waals surface area contributed by atoms with E-state index in [0.29, 0.717) is 5.92 Å². The lowest BCUT2D eigenvalue weighted by atomic mass is 9.87. The lowest BCUT2D eigenvalue weighted by molar-refractivity contribution is 0.643. The molecule has 0 aliphatic rings. The highest BCUT2D eigenvalue weighted by molar-refractivity contribution is 5.70. The van der Waals surface area contributed by atoms with Crippen molar-refractivity contribution in [1.29, 1.82) is 0 Å². The first kappa shape index (κ1) is 12.0. The summed E-state index contributed by atoms with van der Waals surface area (Å²) in [5.41, 5.74) is 5.47. The summed E-state index contributed by atoms with van der Waals surface area (Å²) in [5.74, 6) is 0.667. The number of rotatable bonds is 4. The predicted octanol–water partition coefficient (Wildman–Crippen LogP) is 4.89. The Labute approximate surface area is 104 Å². The van der Waals surface area contributed by atoms with Crippen molar-refractivity contribution in [3.63, 3.8) is 0 Å². The molecular weight excluding hydrogens is 206 g/mol.